The highest BCUT2D eigenvalue weighted by atomic mass is 16.5. The number of rotatable bonds is 7. The summed E-state index contributed by atoms with van der Waals surface area (Å²) in [6, 6.07) is 12.6. The zero-order chi connectivity index (χ0) is 19.2. The second-order valence-corrected chi connectivity index (χ2v) is 6.00. The van der Waals surface area contributed by atoms with E-state index in [1.807, 2.05) is 18.2 Å². The number of carbonyl (C=O) groups is 1. The van der Waals surface area contributed by atoms with Crippen LogP contribution in [0, 0.1) is 0 Å². The number of amides is 1. The maximum Gasteiger partial charge on any atom is 0.258 e. The van der Waals surface area contributed by atoms with Crippen molar-refractivity contribution in [2.75, 3.05) is 14.2 Å². The fraction of sp³-hybridized carbons (Fsp3) is 0.250. The van der Waals surface area contributed by atoms with Crippen LogP contribution >= 0.6 is 0 Å². The quantitative estimate of drug-likeness (QED) is 0.668. The van der Waals surface area contributed by atoms with Gasteiger partial charge in [0, 0.05) is 19.4 Å². The molecule has 0 spiro atoms. The van der Waals surface area contributed by atoms with Crippen LogP contribution < -0.4 is 20.3 Å². The first kappa shape index (κ1) is 18.4. The van der Waals surface area contributed by atoms with Crippen molar-refractivity contribution < 1.29 is 14.3 Å². The van der Waals surface area contributed by atoms with E-state index < -0.39 is 0 Å². The molecule has 0 aliphatic rings. The van der Waals surface area contributed by atoms with Gasteiger partial charge in [-0.15, -0.1) is 0 Å². The molecule has 1 heterocycles. The molecule has 2 aromatic carbocycles. The van der Waals surface area contributed by atoms with Gasteiger partial charge in [-0.2, -0.15) is 0 Å². The fourth-order valence-electron chi connectivity index (χ4n) is 2.76. The summed E-state index contributed by atoms with van der Waals surface area (Å²) < 4.78 is 10.5. The Morgan fingerprint density at radius 1 is 1.11 bits per heavy atom. The topological polar surface area (TPSA) is 93.3 Å². The number of aromatic amines is 1. The molecular weight excluding hydrogens is 346 g/mol. The molecule has 0 atom stereocenters. The van der Waals surface area contributed by atoms with Gasteiger partial charge in [-0.3, -0.25) is 9.59 Å². The predicted octanol–water partition coefficient (Wildman–Crippen LogP) is 2.19. The first-order valence-electron chi connectivity index (χ1n) is 8.56. The number of para-hydroxylation sites is 1. The van der Waals surface area contributed by atoms with Gasteiger partial charge in [0.25, 0.3) is 5.56 Å². The first-order valence-corrected chi connectivity index (χ1v) is 8.56. The fourth-order valence-corrected chi connectivity index (χ4v) is 2.76. The first-order chi connectivity index (χ1) is 13.1. The number of benzene rings is 2. The van der Waals surface area contributed by atoms with Gasteiger partial charge >= 0.3 is 0 Å². The number of ether oxygens (including phenoxy) is 2. The molecule has 2 N–H and O–H groups in total. The molecule has 0 fully saturated rings. The smallest absolute Gasteiger partial charge is 0.258 e. The summed E-state index contributed by atoms with van der Waals surface area (Å²) in [5.74, 6) is 1.63. The Kier molecular flexibility index (Phi) is 5.71. The van der Waals surface area contributed by atoms with Crippen molar-refractivity contribution in [3.63, 3.8) is 0 Å². The molecule has 0 radical (unpaired) electrons. The summed E-state index contributed by atoms with van der Waals surface area (Å²) in [6.45, 7) is 0.376. The minimum atomic E-state index is -0.193. The SMILES string of the molecule is COc1ccc(CNC(=O)CCc2nc3ccccc3c(=O)[nH]2)cc1OC. The highest BCUT2D eigenvalue weighted by Crippen LogP contribution is 2.27. The van der Waals surface area contributed by atoms with Crippen LogP contribution in [0.15, 0.2) is 47.3 Å². The lowest BCUT2D eigenvalue weighted by Gasteiger charge is -2.10. The van der Waals surface area contributed by atoms with Crippen LogP contribution in [0.1, 0.15) is 17.8 Å². The number of nitrogens with zero attached hydrogens (tertiary/aromatic N) is 1. The van der Waals surface area contributed by atoms with Crippen molar-refractivity contribution >= 4 is 16.8 Å². The van der Waals surface area contributed by atoms with Crippen LogP contribution in [0.4, 0.5) is 0 Å². The molecule has 0 bridgehead atoms. The van der Waals surface area contributed by atoms with Crippen LogP contribution in [0.5, 0.6) is 11.5 Å². The van der Waals surface area contributed by atoms with Crippen molar-refractivity contribution in [1.29, 1.82) is 0 Å². The molecule has 0 aliphatic carbocycles. The van der Waals surface area contributed by atoms with Gasteiger partial charge in [0.15, 0.2) is 11.5 Å². The van der Waals surface area contributed by atoms with Crippen molar-refractivity contribution in [3.05, 3.63) is 64.2 Å². The van der Waals surface area contributed by atoms with E-state index in [1.54, 1.807) is 38.5 Å². The van der Waals surface area contributed by atoms with Crippen molar-refractivity contribution in [2.45, 2.75) is 19.4 Å². The molecule has 3 aromatic rings. The number of methoxy groups -OCH3 is 2. The highest BCUT2D eigenvalue weighted by molar-refractivity contribution is 5.78. The third kappa shape index (κ3) is 4.44. The number of hydrogen-bond donors (Lipinski definition) is 2. The maximum atomic E-state index is 12.1. The van der Waals surface area contributed by atoms with Gasteiger partial charge in [0.2, 0.25) is 5.91 Å². The van der Waals surface area contributed by atoms with Crippen LogP contribution in [0.3, 0.4) is 0 Å². The third-order valence-corrected chi connectivity index (χ3v) is 4.19. The Balaban J connectivity index is 1.58. The summed E-state index contributed by atoms with van der Waals surface area (Å²) in [5, 5.41) is 3.40. The monoisotopic (exact) mass is 367 g/mol. The Hall–Kier alpha value is -3.35. The van der Waals surface area contributed by atoms with E-state index in [0.29, 0.717) is 41.2 Å². The van der Waals surface area contributed by atoms with E-state index in [1.165, 1.54) is 0 Å². The standard InChI is InChI=1S/C20H21N3O4/c1-26-16-8-7-13(11-17(16)27-2)12-21-19(24)10-9-18-22-15-6-4-3-5-14(15)20(25)23-18/h3-8,11H,9-10,12H2,1-2H3,(H,21,24)(H,22,23,25). The van der Waals surface area contributed by atoms with E-state index in [-0.39, 0.29) is 17.9 Å². The lowest BCUT2D eigenvalue weighted by atomic mass is 10.2. The molecular formula is C20H21N3O4. The minimum Gasteiger partial charge on any atom is -0.493 e. The lowest BCUT2D eigenvalue weighted by Crippen LogP contribution is -2.23. The molecule has 140 valence electrons. The lowest BCUT2D eigenvalue weighted by molar-refractivity contribution is -0.121. The number of nitrogens with one attached hydrogen (secondary N) is 2. The van der Waals surface area contributed by atoms with Gasteiger partial charge in [0.05, 0.1) is 25.1 Å². The summed E-state index contributed by atoms with van der Waals surface area (Å²) in [6.07, 6.45) is 0.590. The number of H-pyrrole nitrogens is 1. The minimum absolute atomic E-state index is 0.124. The average Bonchev–Trinajstić information content (AvgIpc) is 2.70. The molecule has 0 saturated heterocycles. The van der Waals surface area contributed by atoms with E-state index >= 15 is 0 Å². The van der Waals surface area contributed by atoms with E-state index in [0.717, 1.165) is 5.56 Å². The summed E-state index contributed by atoms with van der Waals surface area (Å²) in [7, 11) is 3.14. The molecule has 27 heavy (non-hydrogen) atoms. The molecule has 3 rings (SSSR count). The summed E-state index contributed by atoms with van der Waals surface area (Å²) >= 11 is 0. The number of aromatic nitrogens is 2. The van der Waals surface area contributed by atoms with Crippen LogP contribution in [0.25, 0.3) is 10.9 Å². The molecule has 7 nitrogen and oxygen atoms in total. The predicted molar refractivity (Wildman–Crippen MR) is 102 cm³/mol. The van der Waals surface area contributed by atoms with Crippen LogP contribution in [0.2, 0.25) is 0 Å². The Bertz CT molecular complexity index is 1010. The molecule has 0 saturated carbocycles. The number of aryl methyl sites for hydroxylation is 1. The Labute approximate surface area is 156 Å². The van der Waals surface area contributed by atoms with Crippen LogP contribution in [-0.4, -0.2) is 30.1 Å². The third-order valence-electron chi connectivity index (χ3n) is 4.19. The highest BCUT2D eigenvalue weighted by Gasteiger charge is 2.08. The molecule has 0 unspecified atom stereocenters. The van der Waals surface area contributed by atoms with Crippen molar-refractivity contribution in [1.82, 2.24) is 15.3 Å². The van der Waals surface area contributed by atoms with E-state index in [2.05, 4.69) is 15.3 Å². The molecule has 1 amide bonds. The summed E-state index contributed by atoms with van der Waals surface area (Å²) in [5.41, 5.74) is 1.33. The van der Waals surface area contributed by atoms with Crippen molar-refractivity contribution in [2.24, 2.45) is 0 Å². The maximum absolute atomic E-state index is 12.1. The van der Waals surface area contributed by atoms with E-state index in [4.69, 9.17) is 9.47 Å². The van der Waals surface area contributed by atoms with Gasteiger partial charge < -0.3 is 19.8 Å². The molecule has 1 aromatic heterocycles. The Morgan fingerprint density at radius 2 is 1.89 bits per heavy atom. The number of carbonyl (C=O) groups excluding carboxylic acids is 1. The normalized spacial score (nSPS) is 10.6. The second kappa shape index (κ2) is 8.35. The molecule has 7 heteroatoms. The van der Waals surface area contributed by atoms with Crippen LogP contribution in [-0.2, 0) is 17.8 Å². The van der Waals surface area contributed by atoms with Gasteiger partial charge in [0.1, 0.15) is 5.82 Å². The van der Waals surface area contributed by atoms with Crippen molar-refractivity contribution in [3.8, 4) is 11.5 Å². The van der Waals surface area contributed by atoms with Gasteiger partial charge in [-0.05, 0) is 29.8 Å². The largest absolute Gasteiger partial charge is 0.493 e. The van der Waals surface area contributed by atoms with E-state index in [9.17, 15) is 9.59 Å². The second-order valence-electron chi connectivity index (χ2n) is 6.00. The zero-order valence-corrected chi connectivity index (χ0v) is 15.2. The van der Waals surface area contributed by atoms with Gasteiger partial charge in [-0.25, -0.2) is 4.98 Å². The molecule has 0 aliphatic heterocycles. The Morgan fingerprint density at radius 3 is 2.67 bits per heavy atom. The van der Waals surface area contributed by atoms with Gasteiger partial charge in [-0.1, -0.05) is 18.2 Å². The number of fused-ring (bicyclic) bond motifs is 1. The zero-order valence-electron chi connectivity index (χ0n) is 15.2. The average molecular weight is 367 g/mol. The summed E-state index contributed by atoms with van der Waals surface area (Å²) in [4.78, 5) is 31.3. The number of hydrogen-bond acceptors (Lipinski definition) is 5.